The number of anilines is 2. The van der Waals surface area contributed by atoms with Gasteiger partial charge in [-0.15, -0.1) is 0 Å². The summed E-state index contributed by atoms with van der Waals surface area (Å²) in [5.41, 5.74) is 2.12. The van der Waals surface area contributed by atoms with E-state index in [-0.39, 0.29) is 11.9 Å². The average molecular weight is 415 g/mol. The summed E-state index contributed by atoms with van der Waals surface area (Å²) in [5.74, 6) is -0.563. The number of nitrogens with zero attached hydrogens (tertiary/aromatic N) is 2. The molecular weight excluding hydrogens is 388 g/mol. The highest BCUT2D eigenvalue weighted by atomic mass is 19.1. The van der Waals surface area contributed by atoms with E-state index in [0.717, 1.165) is 23.7 Å². The van der Waals surface area contributed by atoms with Crippen molar-refractivity contribution in [2.75, 3.05) is 29.9 Å². The van der Waals surface area contributed by atoms with Gasteiger partial charge in [-0.1, -0.05) is 12.1 Å². The van der Waals surface area contributed by atoms with Gasteiger partial charge in [0.05, 0.1) is 12.2 Å². The number of rotatable bonds is 6. The Bertz CT molecular complexity index is 918. The molecule has 2 aromatic carbocycles. The minimum absolute atomic E-state index is 0.0953. The van der Waals surface area contributed by atoms with Crippen molar-refractivity contribution < 1.29 is 13.6 Å². The fraction of sp³-hybridized carbons (Fsp3) is 0.364. The van der Waals surface area contributed by atoms with E-state index < -0.39 is 11.6 Å². The summed E-state index contributed by atoms with van der Waals surface area (Å²) >= 11 is 0. The standard InChI is InChI=1S/C22H27F2N5O/c1-3-25-22(26-13-16-5-4-6-18(11-16)27-15(2)30)28-19-9-10-29(14-19)21-8-7-17(23)12-20(21)24/h4-8,11-12,19H,3,9-10,13-14H2,1-2H3,(H,27,30)(H2,25,26,28). The van der Waals surface area contributed by atoms with Crippen molar-refractivity contribution in [1.29, 1.82) is 0 Å². The highest BCUT2D eigenvalue weighted by Crippen LogP contribution is 2.24. The summed E-state index contributed by atoms with van der Waals surface area (Å²) in [6, 6.07) is 11.3. The summed E-state index contributed by atoms with van der Waals surface area (Å²) < 4.78 is 27.2. The summed E-state index contributed by atoms with van der Waals surface area (Å²) in [7, 11) is 0. The Morgan fingerprint density at radius 1 is 1.23 bits per heavy atom. The molecule has 6 nitrogen and oxygen atoms in total. The number of benzene rings is 2. The van der Waals surface area contributed by atoms with Crippen LogP contribution in [-0.4, -0.2) is 37.5 Å². The molecule has 160 valence electrons. The topological polar surface area (TPSA) is 68.8 Å². The van der Waals surface area contributed by atoms with E-state index in [4.69, 9.17) is 0 Å². The van der Waals surface area contributed by atoms with Gasteiger partial charge in [0.1, 0.15) is 11.6 Å². The molecule has 1 atom stereocenters. The molecule has 0 saturated carbocycles. The van der Waals surface area contributed by atoms with Crippen LogP contribution in [0.4, 0.5) is 20.2 Å². The minimum atomic E-state index is -0.575. The zero-order chi connectivity index (χ0) is 21.5. The maximum absolute atomic E-state index is 14.1. The number of carbonyl (C=O) groups is 1. The molecule has 1 saturated heterocycles. The first kappa shape index (κ1) is 21.5. The third-order valence-electron chi connectivity index (χ3n) is 4.79. The first-order valence-electron chi connectivity index (χ1n) is 10.1. The predicted molar refractivity (Wildman–Crippen MR) is 116 cm³/mol. The second kappa shape index (κ2) is 10.0. The smallest absolute Gasteiger partial charge is 0.221 e. The highest BCUT2D eigenvalue weighted by Gasteiger charge is 2.25. The van der Waals surface area contributed by atoms with E-state index in [0.29, 0.717) is 37.8 Å². The lowest BCUT2D eigenvalue weighted by atomic mass is 10.2. The molecule has 0 aromatic heterocycles. The van der Waals surface area contributed by atoms with E-state index in [1.807, 2.05) is 36.1 Å². The summed E-state index contributed by atoms with van der Waals surface area (Å²) in [6.07, 6.45) is 0.819. The molecule has 0 aliphatic carbocycles. The van der Waals surface area contributed by atoms with Crippen LogP contribution in [0.25, 0.3) is 0 Å². The average Bonchev–Trinajstić information content (AvgIpc) is 3.14. The minimum Gasteiger partial charge on any atom is -0.367 e. The molecule has 3 N–H and O–H groups in total. The molecule has 3 rings (SSSR count). The first-order chi connectivity index (χ1) is 14.4. The van der Waals surface area contributed by atoms with E-state index in [1.165, 1.54) is 19.1 Å². The SMILES string of the molecule is CCNC(=NCc1cccc(NC(C)=O)c1)NC1CCN(c2ccc(F)cc2F)C1. The monoisotopic (exact) mass is 415 g/mol. The van der Waals surface area contributed by atoms with Crippen molar-refractivity contribution in [3.8, 4) is 0 Å². The van der Waals surface area contributed by atoms with Crippen molar-refractivity contribution >= 4 is 23.2 Å². The third-order valence-corrected chi connectivity index (χ3v) is 4.79. The molecule has 1 aliphatic rings. The second-order valence-electron chi connectivity index (χ2n) is 7.25. The van der Waals surface area contributed by atoms with Crippen LogP contribution in [0, 0.1) is 11.6 Å². The number of guanidine groups is 1. The summed E-state index contributed by atoms with van der Waals surface area (Å²) in [6.45, 7) is 5.90. The van der Waals surface area contributed by atoms with E-state index in [2.05, 4.69) is 20.9 Å². The Hall–Kier alpha value is -3.16. The molecule has 30 heavy (non-hydrogen) atoms. The van der Waals surface area contributed by atoms with Crippen LogP contribution in [0.1, 0.15) is 25.8 Å². The predicted octanol–water partition coefficient (Wildman–Crippen LogP) is 3.26. The van der Waals surface area contributed by atoms with Gasteiger partial charge in [-0.3, -0.25) is 4.79 Å². The van der Waals surface area contributed by atoms with Crippen LogP contribution in [0.5, 0.6) is 0 Å². The quantitative estimate of drug-likeness (QED) is 0.500. The largest absolute Gasteiger partial charge is 0.367 e. The van der Waals surface area contributed by atoms with Crippen LogP contribution in [0.2, 0.25) is 0 Å². The third kappa shape index (κ3) is 5.92. The van der Waals surface area contributed by atoms with Gasteiger partial charge in [-0.25, -0.2) is 13.8 Å². The van der Waals surface area contributed by atoms with Gasteiger partial charge in [0.15, 0.2) is 5.96 Å². The van der Waals surface area contributed by atoms with Crippen molar-refractivity contribution in [3.63, 3.8) is 0 Å². The number of aliphatic imine (C=N–C) groups is 1. The van der Waals surface area contributed by atoms with Crippen molar-refractivity contribution in [2.45, 2.75) is 32.9 Å². The molecule has 0 spiro atoms. The van der Waals surface area contributed by atoms with Gasteiger partial charge >= 0.3 is 0 Å². The van der Waals surface area contributed by atoms with Crippen LogP contribution in [0.3, 0.4) is 0 Å². The molecule has 1 aliphatic heterocycles. The normalized spacial score (nSPS) is 16.5. The van der Waals surface area contributed by atoms with Crippen LogP contribution < -0.4 is 20.9 Å². The Balaban J connectivity index is 1.62. The van der Waals surface area contributed by atoms with Gasteiger partial charge in [-0.2, -0.15) is 0 Å². The van der Waals surface area contributed by atoms with Crippen molar-refractivity contribution in [2.24, 2.45) is 4.99 Å². The van der Waals surface area contributed by atoms with E-state index >= 15 is 0 Å². The Labute approximate surface area is 175 Å². The Kier molecular flexibility index (Phi) is 7.21. The number of amides is 1. The van der Waals surface area contributed by atoms with Gasteiger partial charge in [0.2, 0.25) is 5.91 Å². The molecule has 2 aromatic rings. The summed E-state index contributed by atoms with van der Waals surface area (Å²) in [5, 5.41) is 9.39. The summed E-state index contributed by atoms with van der Waals surface area (Å²) in [4.78, 5) is 17.8. The lowest BCUT2D eigenvalue weighted by Crippen LogP contribution is -2.44. The van der Waals surface area contributed by atoms with Gasteiger partial charge in [-0.05, 0) is 43.2 Å². The Morgan fingerprint density at radius 2 is 2.07 bits per heavy atom. The van der Waals surface area contributed by atoms with Gasteiger partial charge < -0.3 is 20.9 Å². The fourth-order valence-corrected chi connectivity index (χ4v) is 3.47. The molecule has 1 amide bonds. The lowest BCUT2D eigenvalue weighted by molar-refractivity contribution is -0.114. The Morgan fingerprint density at radius 3 is 2.80 bits per heavy atom. The maximum atomic E-state index is 14.1. The van der Waals surface area contributed by atoms with Crippen LogP contribution in [-0.2, 0) is 11.3 Å². The highest BCUT2D eigenvalue weighted by molar-refractivity contribution is 5.88. The molecular formula is C22H27F2N5O. The van der Waals surface area contributed by atoms with Crippen molar-refractivity contribution in [1.82, 2.24) is 10.6 Å². The maximum Gasteiger partial charge on any atom is 0.221 e. The van der Waals surface area contributed by atoms with Gasteiger partial charge in [0.25, 0.3) is 0 Å². The number of hydrogen-bond donors (Lipinski definition) is 3. The first-order valence-corrected chi connectivity index (χ1v) is 10.1. The molecule has 8 heteroatoms. The van der Waals surface area contributed by atoms with Crippen molar-refractivity contribution in [3.05, 3.63) is 59.7 Å². The van der Waals surface area contributed by atoms with Crippen LogP contribution >= 0.6 is 0 Å². The zero-order valence-corrected chi connectivity index (χ0v) is 17.2. The second-order valence-corrected chi connectivity index (χ2v) is 7.25. The number of hydrogen-bond acceptors (Lipinski definition) is 3. The molecule has 0 bridgehead atoms. The van der Waals surface area contributed by atoms with E-state index in [1.54, 1.807) is 0 Å². The number of carbonyl (C=O) groups excluding carboxylic acids is 1. The van der Waals surface area contributed by atoms with Crippen LogP contribution in [0.15, 0.2) is 47.5 Å². The molecule has 1 fully saturated rings. The van der Waals surface area contributed by atoms with Gasteiger partial charge in [0, 0.05) is 44.4 Å². The molecule has 1 unspecified atom stereocenters. The molecule has 0 radical (unpaired) electrons. The fourth-order valence-electron chi connectivity index (χ4n) is 3.47. The van der Waals surface area contributed by atoms with E-state index in [9.17, 15) is 13.6 Å². The number of halogens is 2. The number of nitrogens with one attached hydrogen (secondary N) is 3. The zero-order valence-electron chi connectivity index (χ0n) is 17.2. The lowest BCUT2D eigenvalue weighted by Gasteiger charge is -2.21. The molecule has 1 heterocycles.